The number of ketones is 1. The monoisotopic (exact) mass is 364 g/mol. The van der Waals surface area contributed by atoms with Gasteiger partial charge in [0.25, 0.3) is 0 Å². The third kappa shape index (κ3) is 2.10. The summed E-state index contributed by atoms with van der Waals surface area (Å²) in [5, 5.41) is 31.3. The molecule has 0 saturated heterocycles. The Morgan fingerprint density at radius 3 is 2.23 bits per heavy atom. The summed E-state index contributed by atoms with van der Waals surface area (Å²) >= 11 is 0. The molecule has 0 spiro atoms. The first-order valence-electron chi connectivity index (χ1n) is 10.7. The first-order chi connectivity index (χ1) is 12.1. The van der Waals surface area contributed by atoms with Crippen LogP contribution in [0.4, 0.5) is 0 Å². The fourth-order valence-electron chi connectivity index (χ4n) is 8.41. The number of rotatable bonds is 1. The molecule has 4 saturated carbocycles. The van der Waals surface area contributed by atoms with Crippen molar-refractivity contribution in [2.24, 2.45) is 39.9 Å². The number of hydrogen-bond donors (Lipinski definition) is 3. The summed E-state index contributed by atoms with van der Waals surface area (Å²) in [6.07, 6.45) is 3.54. The highest BCUT2D eigenvalue weighted by Crippen LogP contribution is 2.72. The molecule has 4 nitrogen and oxygen atoms in total. The Hall–Kier alpha value is -0.450. The van der Waals surface area contributed by atoms with Crippen LogP contribution in [0.1, 0.15) is 72.6 Å². The smallest absolute Gasteiger partial charge is 0.137 e. The molecule has 4 fully saturated rings. The van der Waals surface area contributed by atoms with E-state index in [9.17, 15) is 20.1 Å². The molecule has 4 aliphatic carbocycles. The largest absolute Gasteiger partial charge is 0.390 e. The molecule has 26 heavy (non-hydrogen) atoms. The Balaban J connectivity index is 1.72. The average Bonchev–Trinajstić information content (AvgIpc) is 2.77. The summed E-state index contributed by atoms with van der Waals surface area (Å²) in [5.74, 6) is 1.57. The van der Waals surface area contributed by atoms with Gasteiger partial charge in [-0.1, -0.05) is 27.7 Å². The number of carbonyl (C=O) groups is 1. The zero-order valence-electron chi connectivity index (χ0n) is 16.7. The zero-order chi connectivity index (χ0) is 19.1. The normalized spacial score (nSPS) is 59.5. The molecule has 0 aliphatic heterocycles. The van der Waals surface area contributed by atoms with Gasteiger partial charge in [-0.15, -0.1) is 0 Å². The number of aliphatic hydroxyl groups is 3. The highest BCUT2D eigenvalue weighted by Gasteiger charge is 2.68. The van der Waals surface area contributed by atoms with Crippen LogP contribution in [0.25, 0.3) is 0 Å². The second-order valence-electron chi connectivity index (χ2n) is 10.6. The van der Waals surface area contributed by atoms with Gasteiger partial charge >= 0.3 is 0 Å². The molecule has 3 N–H and O–H groups in total. The fraction of sp³-hybridized carbons (Fsp3) is 0.955. The van der Waals surface area contributed by atoms with E-state index in [0.717, 1.165) is 32.1 Å². The Labute approximate surface area is 157 Å². The van der Waals surface area contributed by atoms with E-state index in [-0.39, 0.29) is 28.1 Å². The lowest BCUT2D eigenvalue weighted by Gasteiger charge is -2.65. The van der Waals surface area contributed by atoms with Gasteiger partial charge in [-0.2, -0.15) is 0 Å². The molecule has 0 amide bonds. The maximum Gasteiger partial charge on any atom is 0.137 e. The van der Waals surface area contributed by atoms with E-state index in [4.69, 9.17) is 0 Å². The van der Waals surface area contributed by atoms with Crippen LogP contribution in [0, 0.1) is 39.9 Å². The van der Waals surface area contributed by atoms with E-state index in [2.05, 4.69) is 27.7 Å². The first kappa shape index (κ1) is 18.9. The molecule has 0 bridgehead atoms. The summed E-state index contributed by atoms with van der Waals surface area (Å²) in [7, 11) is 0. The second kappa shape index (κ2) is 5.78. The van der Waals surface area contributed by atoms with Crippen molar-refractivity contribution in [3.8, 4) is 0 Å². The Morgan fingerprint density at radius 1 is 0.923 bits per heavy atom. The molecular weight excluding hydrogens is 328 g/mol. The molecular formula is C22H36O4. The second-order valence-corrected chi connectivity index (χ2v) is 10.6. The molecule has 10 atom stereocenters. The van der Waals surface area contributed by atoms with Crippen molar-refractivity contribution in [1.29, 1.82) is 0 Å². The highest BCUT2D eigenvalue weighted by molar-refractivity contribution is 5.85. The van der Waals surface area contributed by atoms with E-state index in [0.29, 0.717) is 30.5 Å². The van der Waals surface area contributed by atoms with Crippen LogP contribution in [-0.2, 0) is 4.79 Å². The van der Waals surface area contributed by atoms with Gasteiger partial charge in [-0.3, -0.25) is 4.79 Å². The number of fused-ring (bicyclic) bond motifs is 5. The van der Waals surface area contributed by atoms with E-state index in [1.165, 1.54) is 0 Å². The standard InChI is InChI=1S/C22H36O4/c1-5-12-16(23)11-22(4)14-6-7-15-18(25)19(26)17(24)10-20(15,2)13(14)8-9-21(12,22)3/h12-15,17-19,24-26H,5-11H2,1-4H3. The summed E-state index contributed by atoms with van der Waals surface area (Å²) in [6.45, 7) is 9.09. The molecule has 148 valence electrons. The minimum Gasteiger partial charge on any atom is -0.390 e. The van der Waals surface area contributed by atoms with Gasteiger partial charge < -0.3 is 15.3 Å². The van der Waals surface area contributed by atoms with E-state index >= 15 is 0 Å². The van der Waals surface area contributed by atoms with E-state index in [1.807, 2.05) is 0 Å². The third-order valence-electron chi connectivity index (χ3n) is 9.98. The molecule has 0 heterocycles. The molecule has 10 unspecified atom stereocenters. The van der Waals surface area contributed by atoms with Crippen LogP contribution in [-0.4, -0.2) is 39.4 Å². The van der Waals surface area contributed by atoms with Crippen molar-refractivity contribution in [2.45, 2.75) is 91.0 Å². The first-order valence-corrected chi connectivity index (χ1v) is 10.7. The lowest BCUT2D eigenvalue weighted by atomic mass is 9.40. The molecule has 4 heteroatoms. The van der Waals surface area contributed by atoms with Gasteiger partial charge in [0.2, 0.25) is 0 Å². The van der Waals surface area contributed by atoms with Crippen molar-refractivity contribution in [3.63, 3.8) is 0 Å². The summed E-state index contributed by atoms with van der Waals surface area (Å²) in [4.78, 5) is 12.9. The minimum absolute atomic E-state index is 0.0215. The number of Topliss-reactive ketones (excluding diaryl/α,β-unsaturated/α-hetero) is 1. The van der Waals surface area contributed by atoms with Crippen molar-refractivity contribution in [1.82, 2.24) is 0 Å². The lowest BCUT2D eigenvalue weighted by molar-refractivity contribution is -0.220. The molecule has 0 aromatic heterocycles. The van der Waals surface area contributed by atoms with Crippen LogP contribution in [0.5, 0.6) is 0 Å². The average molecular weight is 365 g/mol. The third-order valence-corrected chi connectivity index (χ3v) is 9.98. The van der Waals surface area contributed by atoms with Crippen molar-refractivity contribution in [3.05, 3.63) is 0 Å². The lowest BCUT2D eigenvalue weighted by Crippen LogP contribution is -2.63. The van der Waals surface area contributed by atoms with Crippen LogP contribution in [0.3, 0.4) is 0 Å². The molecule has 0 aromatic rings. The quantitative estimate of drug-likeness (QED) is 0.668. The maximum atomic E-state index is 12.9. The summed E-state index contributed by atoms with van der Waals surface area (Å²) in [5.41, 5.74) is -0.0547. The van der Waals surface area contributed by atoms with Crippen LogP contribution >= 0.6 is 0 Å². The van der Waals surface area contributed by atoms with Gasteiger partial charge in [0.05, 0.1) is 12.2 Å². The SMILES string of the molecule is CCC1C(=O)CC2(C)C3CCC4C(O)C(O)C(O)CC4(C)C3CCC12C. The molecule has 0 radical (unpaired) electrons. The Morgan fingerprint density at radius 2 is 1.58 bits per heavy atom. The molecule has 4 aliphatic rings. The predicted octanol–water partition coefficient (Wildman–Crippen LogP) is 2.93. The molecule has 0 aromatic carbocycles. The number of carbonyl (C=O) groups excluding carboxylic acids is 1. The van der Waals surface area contributed by atoms with Crippen molar-refractivity contribution < 1.29 is 20.1 Å². The topological polar surface area (TPSA) is 77.8 Å². The van der Waals surface area contributed by atoms with Gasteiger partial charge in [-0.25, -0.2) is 0 Å². The van der Waals surface area contributed by atoms with Crippen LogP contribution in [0.2, 0.25) is 0 Å². The maximum absolute atomic E-state index is 12.9. The number of aliphatic hydroxyl groups excluding tert-OH is 3. The van der Waals surface area contributed by atoms with Crippen molar-refractivity contribution >= 4 is 5.78 Å². The Kier molecular flexibility index (Phi) is 4.20. The summed E-state index contributed by atoms with van der Waals surface area (Å²) < 4.78 is 0. The van der Waals surface area contributed by atoms with Crippen molar-refractivity contribution in [2.75, 3.05) is 0 Å². The predicted molar refractivity (Wildman–Crippen MR) is 99.3 cm³/mol. The fourth-order valence-corrected chi connectivity index (χ4v) is 8.41. The van der Waals surface area contributed by atoms with E-state index < -0.39 is 18.3 Å². The van der Waals surface area contributed by atoms with Crippen LogP contribution in [0.15, 0.2) is 0 Å². The number of hydrogen-bond acceptors (Lipinski definition) is 4. The highest BCUT2D eigenvalue weighted by atomic mass is 16.4. The van der Waals surface area contributed by atoms with E-state index in [1.54, 1.807) is 0 Å². The van der Waals surface area contributed by atoms with Gasteiger partial charge in [0.15, 0.2) is 0 Å². The summed E-state index contributed by atoms with van der Waals surface area (Å²) in [6, 6.07) is 0. The Bertz CT molecular complexity index is 605. The van der Waals surface area contributed by atoms with Gasteiger partial charge in [0, 0.05) is 12.3 Å². The zero-order valence-corrected chi connectivity index (χ0v) is 16.7. The van der Waals surface area contributed by atoms with Gasteiger partial charge in [-0.05, 0) is 72.5 Å². The van der Waals surface area contributed by atoms with Crippen LogP contribution < -0.4 is 0 Å². The van der Waals surface area contributed by atoms with Gasteiger partial charge in [0.1, 0.15) is 11.9 Å². The minimum atomic E-state index is -1.02. The molecule has 4 rings (SSSR count).